The molecule has 0 spiro atoms. The highest BCUT2D eigenvalue weighted by Gasteiger charge is 2.10. The highest BCUT2D eigenvalue weighted by Crippen LogP contribution is 2.12. The van der Waals surface area contributed by atoms with E-state index in [1.54, 1.807) is 0 Å². The summed E-state index contributed by atoms with van der Waals surface area (Å²) in [6, 6.07) is 4.19. The van der Waals surface area contributed by atoms with Crippen LogP contribution in [0.25, 0.3) is 5.82 Å². The number of aryl methyl sites for hydroxylation is 1. The van der Waals surface area contributed by atoms with Gasteiger partial charge in [0.2, 0.25) is 0 Å². The Hall–Kier alpha value is -0.950. The normalized spacial score (nSPS) is 11.8. The summed E-state index contributed by atoms with van der Waals surface area (Å²) in [6.07, 6.45) is 3.81. The van der Waals surface area contributed by atoms with Crippen LogP contribution in [0.3, 0.4) is 0 Å². The second kappa shape index (κ2) is 5.58. The molecule has 0 saturated heterocycles. The van der Waals surface area contributed by atoms with Gasteiger partial charge in [-0.05, 0) is 68.0 Å². The Kier molecular flexibility index (Phi) is 4.25. The summed E-state index contributed by atoms with van der Waals surface area (Å²) in [4.78, 5) is 4.53. The third-order valence-corrected chi connectivity index (χ3v) is 3.17. The highest BCUT2D eigenvalue weighted by molar-refractivity contribution is 14.1. The second-order valence-electron chi connectivity index (χ2n) is 5.68. The van der Waals surface area contributed by atoms with Gasteiger partial charge in [0.25, 0.3) is 0 Å². The highest BCUT2D eigenvalue weighted by atomic mass is 127. The van der Waals surface area contributed by atoms with Crippen LogP contribution in [0.15, 0.2) is 24.5 Å². The van der Waals surface area contributed by atoms with E-state index in [2.05, 4.69) is 70.9 Å². The van der Waals surface area contributed by atoms with Crippen molar-refractivity contribution in [1.29, 1.82) is 0 Å². The van der Waals surface area contributed by atoms with Crippen molar-refractivity contribution in [2.75, 3.05) is 0 Å². The largest absolute Gasteiger partial charge is 0.308 e. The van der Waals surface area contributed by atoms with Crippen LogP contribution in [-0.4, -0.2) is 20.3 Å². The lowest BCUT2D eigenvalue weighted by atomic mass is 10.1. The molecule has 1 N–H and O–H groups in total. The predicted molar refractivity (Wildman–Crippen MR) is 85.4 cm³/mol. The topological polar surface area (TPSA) is 42.7 Å². The number of pyridine rings is 1. The van der Waals surface area contributed by atoms with Gasteiger partial charge >= 0.3 is 0 Å². The molecule has 0 unspecified atom stereocenters. The van der Waals surface area contributed by atoms with Crippen LogP contribution in [0, 0.1) is 10.5 Å². The van der Waals surface area contributed by atoms with Crippen LogP contribution in [0.4, 0.5) is 0 Å². The minimum atomic E-state index is 0.110. The molecule has 5 heteroatoms. The number of hydrogen-bond acceptors (Lipinski definition) is 3. The second-order valence-corrected chi connectivity index (χ2v) is 6.93. The average Bonchev–Trinajstić information content (AvgIpc) is 2.72. The smallest absolute Gasteiger partial charge is 0.153 e. The Morgan fingerprint density at radius 1 is 1.32 bits per heavy atom. The summed E-state index contributed by atoms with van der Waals surface area (Å²) >= 11 is 2.25. The molecule has 4 nitrogen and oxygen atoms in total. The first-order chi connectivity index (χ1) is 8.83. The number of nitrogens with one attached hydrogen (secondary N) is 1. The molecule has 0 bridgehead atoms. The lowest BCUT2D eigenvalue weighted by Crippen LogP contribution is -2.35. The van der Waals surface area contributed by atoms with Crippen LogP contribution >= 0.6 is 22.6 Å². The summed E-state index contributed by atoms with van der Waals surface area (Å²) in [5.41, 5.74) is 2.34. The third-order valence-electron chi connectivity index (χ3n) is 2.61. The fraction of sp³-hybridized carbons (Fsp3) is 0.429. The molecule has 102 valence electrons. The molecule has 0 aliphatic rings. The van der Waals surface area contributed by atoms with Crippen LogP contribution in [-0.2, 0) is 6.54 Å². The van der Waals surface area contributed by atoms with Crippen LogP contribution < -0.4 is 5.32 Å². The molecule has 2 rings (SSSR count). The van der Waals surface area contributed by atoms with E-state index in [1.165, 1.54) is 5.56 Å². The number of hydrogen-bond donors (Lipinski definition) is 1. The van der Waals surface area contributed by atoms with E-state index in [-0.39, 0.29) is 5.54 Å². The molecular weight excluding hydrogens is 351 g/mol. The van der Waals surface area contributed by atoms with E-state index in [4.69, 9.17) is 0 Å². The van der Waals surface area contributed by atoms with Gasteiger partial charge in [-0.3, -0.25) is 0 Å². The van der Waals surface area contributed by atoms with E-state index in [0.29, 0.717) is 0 Å². The van der Waals surface area contributed by atoms with Gasteiger partial charge in [-0.1, -0.05) is 0 Å². The van der Waals surface area contributed by atoms with Gasteiger partial charge in [-0.2, -0.15) is 5.10 Å². The minimum Gasteiger partial charge on any atom is -0.308 e. The number of nitrogens with zero attached hydrogens (tertiary/aromatic N) is 3. The Bertz CT molecular complexity index is 569. The average molecular weight is 370 g/mol. The molecule has 2 aromatic rings. The lowest BCUT2D eigenvalue weighted by Gasteiger charge is -2.20. The lowest BCUT2D eigenvalue weighted by molar-refractivity contribution is 0.424. The van der Waals surface area contributed by atoms with Gasteiger partial charge < -0.3 is 5.32 Å². The Balaban J connectivity index is 2.25. The van der Waals surface area contributed by atoms with Crippen molar-refractivity contribution in [2.45, 2.75) is 39.8 Å². The molecule has 0 saturated carbocycles. The van der Waals surface area contributed by atoms with E-state index >= 15 is 0 Å². The molecule has 0 fully saturated rings. The minimum absolute atomic E-state index is 0.110. The van der Waals surface area contributed by atoms with Crippen LogP contribution in [0.1, 0.15) is 32.0 Å². The number of rotatable bonds is 3. The zero-order chi connectivity index (χ0) is 14.0. The summed E-state index contributed by atoms with van der Waals surface area (Å²) in [6.45, 7) is 9.34. The summed E-state index contributed by atoms with van der Waals surface area (Å²) < 4.78 is 2.92. The van der Waals surface area contributed by atoms with E-state index < -0.39 is 0 Å². The maximum absolute atomic E-state index is 4.53. The Morgan fingerprint density at radius 3 is 2.63 bits per heavy atom. The van der Waals surface area contributed by atoms with Crippen molar-refractivity contribution >= 4 is 22.6 Å². The fourth-order valence-electron chi connectivity index (χ4n) is 1.73. The van der Waals surface area contributed by atoms with Gasteiger partial charge in [-0.15, -0.1) is 0 Å². The SMILES string of the molecule is Cc1cc(CNC(C)(C)C)cc(-n2cc(I)cn2)n1. The van der Waals surface area contributed by atoms with Crippen LogP contribution in [0.2, 0.25) is 0 Å². The molecule has 0 aromatic carbocycles. The van der Waals surface area contributed by atoms with Crippen molar-refractivity contribution in [3.63, 3.8) is 0 Å². The van der Waals surface area contributed by atoms with Crippen LogP contribution in [0.5, 0.6) is 0 Å². The van der Waals surface area contributed by atoms with Crippen molar-refractivity contribution in [3.8, 4) is 5.82 Å². The summed E-state index contributed by atoms with van der Waals surface area (Å²) in [5, 5.41) is 7.79. The first-order valence-electron chi connectivity index (χ1n) is 6.27. The van der Waals surface area contributed by atoms with Crippen molar-refractivity contribution in [1.82, 2.24) is 20.1 Å². The summed E-state index contributed by atoms with van der Waals surface area (Å²) in [5.74, 6) is 0.869. The zero-order valence-corrected chi connectivity index (χ0v) is 13.9. The van der Waals surface area contributed by atoms with E-state index in [1.807, 2.05) is 24.0 Å². The van der Waals surface area contributed by atoms with Gasteiger partial charge in [0.15, 0.2) is 5.82 Å². The standard InChI is InChI=1S/C14H19IN4/c1-10-5-11(7-16-14(2,3)4)6-13(18-10)19-9-12(15)8-17-19/h5-6,8-9,16H,7H2,1-4H3. The summed E-state index contributed by atoms with van der Waals surface area (Å²) in [7, 11) is 0. The molecular formula is C14H19IN4. The molecule has 0 aliphatic heterocycles. The molecule has 2 heterocycles. The Labute approximate surface area is 127 Å². The Morgan fingerprint density at radius 2 is 2.05 bits per heavy atom. The van der Waals surface area contributed by atoms with Crippen molar-refractivity contribution in [3.05, 3.63) is 39.4 Å². The quantitative estimate of drug-likeness (QED) is 0.845. The maximum atomic E-state index is 4.53. The molecule has 0 atom stereocenters. The molecule has 19 heavy (non-hydrogen) atoms. The fourth-order valence-corrected chi connectivity index (χ4v) is 2.12. The van der Waals surface area contributed by atoms with Gasteiger partial charge in [0, 0.05) is 24.0 Å². The molecule has 0 amide bonds. The molecule has 0 radical (unpaired) electrons. The predicted octanol–water partition coefficient (Wildman–Crippen LogP) is 3.07. The number of halogens is 1. The zero-order valence-electron chi connectivity index (χ0n) is 11.7. The first-order valence-corrected chi connectivity index (χ1v) is 7.34. The van der Waals surface area contributed by atoms with Gasteiger partial charge in [0.05, 0.1) is 9.77 Å². The van der Waals surface area contributed by atoms with Crippen molar-refractivity contribution in [2.24, 2.45) is 0 Å². The van der Waals surface area contributed by atoms with E-state index in [9.17, 15) is 0 Å². The van der Waals surface area contributed by atoms with E-state index in [0.717, 1.165) is 21.6 Å². The number of aromatic nitrogens is 3. The van der Waals surface area contributed by atoms with Gasteiger partial charge in [0.1, 0.15) is 0 Å². The maximum Gasteiger partial charge on any atom is 0.153 e. The molecule has 0 aliphatic carbocycles. The third kappa shape index (κ3) is 4.28. The monoisotopic (exact) mass is 370 g/mol. The van der Waals surface area contributed by atoms with Gasteiger partial charge in [-0.25, -0.2) is 9.67 Å². The van der Waals surface area contributed by atoms with Crippen molar-refractivity contribution < 1.29 is 0 Å². The molecule has 2 aromatic heterocycles. The first kappa shape index (κ1) is 14.5.